The minimum Gasteiger partial charge on any atom is -0.457 e. The lowest BCUT2D eigenvalue weighted by atomic mass is 10.0. The summed E-state index contributed by atoms with van der Waals surface area (Å²) in [6.07, 6.45) is 2.89. The number of aromatic nitrogens is 1. The summed E-state index contributed by atoms with van der Waals surface area (Å²) in [6.45, 7) is 0. The number of benzene rings is 3. The Bertz CT molecular complexity index is 1600. The standard InChI is InChI=1S/C27H17Cl2N3O2S2/c28-18-12-17(13-19(29)14-18)24-10-8-20(34-24)9-11-25(33)31-26(35)32-27-30-23(15-36-27)22-7-3-5-16-4-1-2-6-21(16)22/h1-15H,(H2,30,31,32,33,35)/b11-9+. The van der Waals surface area contributed by atoms with E-state index in [1.807, 2.05) is 29.6 Å². The van der Waals surface area contributed by atoms with Gasteiger partial charge in [0.05, 0.1) is 5.69 Å². The van der Waals surface area contributed by atoms with Gasteiger partial charge in [0.1, 0.15) is 11.5 Å². The van der Waals surface area contributed by atoms with Crippen molar-refractivity contribution in [3.63, 3.8) is 0 Å². The van der Waals surface area contributed by atoms with Gasteiger partial charge in [-0.25, -0.2) is 4.98 Å². The van der Waals surface area contributed by atoms with Gasteiger partial charge in [0.15, 0.2) is 10.2 Å². The first kappa shape index (κ1) is 24.2. The second-order valence-electron chi connectivity index (χ2n) is 7.70. The largest absolute Gasteiger partial charge is 0.457 e. The van der Waals surface area contributed by atoms with Crippen LogP contribution in [0.15, 0.2) is 88.7 Å². The molecule has 2 aromatic heterocycles. The number of thiocarbonyl (C=S) groups is 1. The van der Waals surface area contributed by atoms with Gasteiger partial charge < -0.3 is 9.73 Å². The molecule has 9 heteroatoms. The van der Waals surface area contributed by atoms with Crippen LogP contribution in [-0.2, 0) is 4.79 Å². The number of furan rings is 1. The Kier molecular flexibility index (Phi) is 7.16. The van der Waals surface area contributed by atoms with Crippen LogP contribution in [0, 0.1) is 0 Å². The van der Waals surface area contributed by atoms with E-state index >= 15 is 0 Å². The molecule has 0 fully saturated rings. The van der Waals surface area contributed by atoms with Crippen molar-refractivity contribution in [2.45, 2.75) is 0 Å². The normalized spacial score (nSPS) is 11.2. The SMILES string of the molecule is O=C(/C=C/c1ccc(-c2cc(Cl)cc(Cl)c2)o1)NC(=S)Nc1nc(-c2cccc3ccccc23)cs1. The second-order valence-corrected chi connectivity index (χ2v) is 9.84. The van der Waals surface area contributed by atoms with Crippen molar-refractivity contribution in [2.75, 3.05) is 5.32 Å². The maximum absolute atomic E-state index is 12.3. The van der Waals surface area contributed by atoms with Gasteiger partial charge in [-0.1, -0.05) is 65.7 Å². The average Bonchev–Trinajstić information content (AvgIpc) is 3.52. The minimum absolute atomic E-state index is 0.150. The molecule has 0 saturated carbocycles. The van der Waals surface area contributed by atoms with Gasteiger partial charge in [-0.2, -0.15) is 0 Å². The van der Waals surface area contributed by atoms with E-state index in [0.717, 1.165) is 27.6 Å². The van der Waals surface area contributed by atoms with Crippen molar-refractivity contribution in [2.24, 2.45) is 0 Å². The van der Waals surface area contributed by atoms with Gasteiger partial charge in [-0.15, -0.1) is 11.3 Å². The lowest BCUT2D eigenvalue weighted by Crippen LogP contribution is -2.32. The zero-order valence-electron chi connectivity index (χ0n) is 18.5. The number of carbonyl (C=O) groups excluding carboxylic acids is 1. The second kappa shape index (κ2) is 10.6. The van der Waals surface area contributed by atoms with E-state index in [-0.39, 0.29) is 5.11 Å². The van der Waals surface area contributed by atoms with E-state index in [9.17, 15) is 4.79 Å². The maximum Gasteiger partial charge on any atom is 0.250 e. The fraction of sp³-hybridized carbons (Fsp3) is 0. The molecule has 0 radical (unpaired) electrons. The first-order valence-corrected chi connectivity index (χ1v) is 12.8. The molecule has 5 aromatic rings. The molecule has 0 atom stereocenters. The number of hydrogen-bond acceptors (Lipinski definition) is 5. The van der Waals surface area contributed by atoms with Crippen molar-refractivity contribution in [1.82, 2.24) is 10.3 Å². The fourth-order valence-electron chi connectivity index (χ4n) is 3.64. The van der Waals surface area contributed by atoms with E-state index in [4.69, 9.17) is 39.8 Å². The number of fused-ring (bicyclic) bond motifs is 1. The molecular formula is C27H17Cl2N3O2S2. The Labute approximate surface area is 226 Å². The van der Waals surface area contributed by atoms with E-state index in [1.165, 1.54) is 17.4 Å². The van der Waals surface area contributed by atoms with Gasteiger partial charge in [0.25, 0.3) is 0 Å². The maximum atomic E-state index is 12.3. The third-order valence-corrected chi connectivity index (χ3v) is 6.60. The number of thiazole rings is 1. The van der Waals surface area contributed by atoms with Gasteiger partial charge in [0, 0.05) is 32.6 Å². The third kappa shape index (κ3) is 5.66. The lowest BCUT2D eigenvalue weighted by molar-refractivity contribution is -0.115. The summed E-state index contributed by atoms with van der Waals surface area (Å²) in [4.78, 5) is 17.0. The fourth-order valence-corrected chi connectivity index (χ4v) is 5.14. The average molecular weight is 550 g/mol. The highest BCUT2D eigenvalue weighted by molar-refractivity contribution is 7.80. The van der Waals surface area contributed by atoms with Crippen molar-refractivity contribution in [1.29, 1.82) is 0 Å². The van der Waals surface area contributed by atoms with Crippen LogP contribution in [0.3, 0.4) is 0 Å². The summed E-state index contributed by atoms with van der Waals surface area (Å²) in [5.74, 6) is 0.680. The molecule has 0 aliphatic rings. The van der Waals surface area contributed by atoms with E-state index in [2.05, 4.69) is 33.8 Å². The highest BCUT2D eigenvalue weighted by Crippen LogP contribution is 2.31. The summed E-state index contributed by atoms with van der Waals surface area (Å²) < 4.78 is 5.77. The minimum atomic E-state index is -0.401. The molecule has 0 unspecified atom stereocenters. The summed E-state index contributed by atoms with van der Waals surface area (Å²) in [6, 6.07) is 22.9. The van der Waals surface area contributed by atoms with Crippen molar-refractivity contribution in [3.05, 3.63) is 100 Å². The van der Waals surface area contributed by atoms with Crippen LogP contribution in [0.1, 0.15) is 5.76 Å². The monoisotopic (exact) mass is 549 g/mol. The summed E-state index contributed by atoms with van der Waals surface area (Å²) in [5.41, 5.74) is 2.62. The quantitative estimate of drug-likeness (QED) is 0.171. The van der Waals surface area contributed by atoms with Crippen LogP contribution in [0.5, 0.6) is 0 Å². The Balaban J connectivity index is 1.20. The van der Waals surface area contributed by atoms with Gasteiger partial charge in [-0.3, -0.25) is 10.1 Å². The number of amides is 1. The Morgan fingerprint density at radius 2 is 1.78 bits per heavy atom. The topological polar surface area (TPSA) is 67.2 Å². The van der Waals surface area contributed by atoms with E-state index in [0.29, 0.717) is 26.7 Å². The molecule has 0 aliphatic heterocycles. The molecule has 2 heterocycles. The highest BCUT2D eigenvalue weighted by Gasteiger charge is 2.10. The molecule has 178 valence electrons. The number of nitrogens with zero attached hydrogens (tertiary/aromatic N) is 1. The first-order chi connectivity index (χ1) is 17.4. The summed E-state index contributed by atoms with van der Waals surface area (Å²) >= 11 is 18.8. The van der Waals surface area contributed by atoms with Gasteiger partial charge in [-0.05, 0) is 59.4 Å². The number of nitrogens with one attached hydrogen (secondary N) is 2. The Hall–Kier alpha value is -3.49. The number of carbonyl (C=O) groups is 1. The zero-order chi connectivity index (χ0) is 25.1. The lowest BCUT2D eigenvalue weighted by Gasteiger charge is -2.05. The third-order valence-electron chi connectivity index (χ3n) is 5.20. The van der Waals surface area contributed by atoms with Gasteiger partial charge in [0.2, 0.25) is 5.91 Å². The number of anilines is 1. The van der Waals surface area contributed by atoms with Crippen LogP contribution in [0.2, 0.25) is 10.0 Å². The highest BCUT2D eigenvalue weighted by atomic mass is 35.5. The molecule has 0 aliphatic carbocycles. The smallest absolute Gasteiger partial charge is 0.250 e. The van der Waals surface area contributed by atoms with Crippen molar-refractivity contribution < 1.29 is 9.21 Å². The first-order valence-electron chi connectivity index (χ1n) is 10.7. The molecule has 0 bridgehead atoms. The van der Waals surface area contributed by atoms with Crippen LogP contribution in [0.25, 0.3) is 39.4 Å². The Morgan fingerprint density at radius 3 is 2.61 bits per heavy atom. The number of rotatable bonds is 5. The molecule has 1 amide bonds. The van der Waals surface area contributed by atoms with E-state index < -0.39 is 5.91 Å². The van der Waals surface area contributed by atoms with Crippen LogP contribution in [-0.4, -0.2) is 16.0 Å². The van der Waals surface area contributed by atoms with Crippen molar-refractivity contribution >= 4 is 79.8 Å². The molecule has 5 rings (SSSR count). The molecule has 2 N–H and O–H groups in total. The molecular weight excluding hydrogens is 533 g/mol. The molecule has 36 heavy (non-hydrogen) atoms. The predicted molar refractivity (Wildman–Crippen MR) is 153 cm³/mol. The predicted octanol–water partition coefficient (Wildman–Crippen LogP) is 8.06. The Morgan fingerprint density at radius 1 is 1.00 bits per heavy atom. The molecule has 0 saturated heterocycles. The number of hydrogen-bond donors (Lipinski definition) is 2. The summed E-state index contributed by atoms with van der Waals surface area (Å²) in [5, 5.41) is 11.6. The molecule has 3 aromatic carbocycles. The van der Waals surface area contributed by atoms with E-state index in [1.54, 1.807) is 36.4 Å². The molecule has 0 spiro atoms. The number of halogens is 2. The van der Waals surface area contributed by atoms with Crippen LogP contribution >= 0.6 is 46.8 Å². The van der Waals surface area contributed by atoms with Crippen molar-refractivity contribution in [3.8, 4) is 22.6 Å². The van der Waals surface area contributed by atoms with Crippen LogP contribution in [0.4, 0.5) is 5.13 Å². The van der Waals surface area contributed by atoms with Gasteiger partial charge >= 0.3 is 0 Å². The van der Waals surface area contributed by atoms with Crippen LogP contribution < -0.4 is 10.6 Å². The summed E-state index contributed by atoms with van der Waals surface area (Å²) in [7, 11) is 0. The zero-order valence-corrected chi connectivity index (χ0v) is 21.6. The molecule has 5 nitrogen and oxygen atoms in total.